The summed E-state index contributed by atoms with van der Waals surface area (Å²) in [4.78, 5) is 38.9. The van der Waals surface area contributed by atoms with Crippen molar-refractivity contribution in [3.63, 3.8) is 0 Å². The summed E-state index contributed by atoms with van der Waals surface area (Å²) in [6, 6.07) is 39.5. The summed E-state index contributed by atoms with van der Waals surface area (Å²) in [5, 5.41) is 28.2. The van der Waals surface area contributed by atoms with E-state index < -0.39 is 18.8 Å². The Hall–Kier alpha value is -6.31. The molecule has 418 valence electrons. The van der Waals surface area contributed by atoms with Crippen LogP contribution in [0.4, 0.5) is 35.0 Å². The smallest absolute Gasteiger partial charge is 0.488 e. The number of rotatable bonds is 7. The van der Waals surface area contributed by atoms with Crippen molar-refractivity contribution in [2.24, 2.45) is 5.73 Å². The minimum Gasteiger partial charge on any atom is -0.494 e. The number of thiocarbonyl (C=S) groups is 1. The molecule has 4 heterocycles. The van der Waals surface area contributed by atoms with Crippen molar-refractivity contribution >= 4 is 218 Å². The van der Waals surface area contributed by atoms with Crippen LogP contribution in [0.3, 0.4) is 0 Å². The van der Waals surface area contributed by atoms with E-state index in [9.17, 15) is 18.4 Å². The molecule has 11 aromatic rings. The van der Waals surface area contributed by atoms with Gasteiger partial charge in [0.2, 0.25) is 11.8 Å². The number of nitrogens with zero attached hydrogens (tertiary/aromatic N) is 4. The molecule has 0 fully saturated rings. The number of thiazole rings is 4. The van der Waals surface area contributed by atoms with Crippen LogP contribution in [0.1, 0.15) is 13.8 Å². The first-order chi connectivity index (χ1) is 38.6. The summed E-state index contributed by atoms with van der Waals surface area (Å²) >= 11 is 24.1. The van der Waals surface area contributed by atoms with E-state index in [1.54, 1.807) is 12.1 Å². The first-order valence-corrected chi connectivity index (χ1v) is 29.9. The van der Waals surface area contributed by atoms with Gasteiger partial charge in [0.25, 0.3) is 0 Å². The number of hydrogen-bond donors (Lipinski definition) is 8. The van der Waals surface area contributed by atoms with E-state index in [-0.39, 0.29) is 33.9 Å². The molecule has 2 amide bonds. The molecule has 0 radical (unpaired) electrons. The number of nitrogens with two attached hydrogens (primary N) is 3. The minimum atomic E-state index is -1.65. The summed E-state index contributed by atoms with van der Waals surface area (Å²) in [5.41, 5.74) is 22.5. The van der Waals surface area contributed by atoms with Crippen LogP contribution in [0.2, 0.25) is 0 Å². The fourth-order valence-corrected chi connectivity index (χ4v) is 12.2. The lowest BCUT2D eigenvalue weighted by Gasteiger charge is -2.06. The van der Waals surface area contributed by atoms with Gasteiger partial charge >= 0.3 is 7.12 Å². The molecular weight excluding hydrogens is 1400 g/mol. The monoisotopic (exact) mass is 1440 g/mol. The molecule has 0 saturated heterocycles. The van der Waals surface area contributed by atoms with Gasteiger partial charge in [-0.25, -0.2) is 28.7 Å². The van der Waals surface area contributed by atoms with Crippen molar-refractivity contribution in [2.45, 2.75) is 13.8 Å². The van der Waals surface area contributed by atoms with Crippen LogP contribution in [-0.2, 0) is 9.59 Å². The van der Waals surface area contributed by atoms with Crippen LogP contribution in [0.25, 0.3) is 52.0 Å². The zero-order valence-corrected chi connectivity index (χ0v) is 53.1. The number of aromatic nitrogens is 4. The largest absolute Gasteiger partial charge is 0.494 e. The molecule has 28 heteroatoms. The maximum absolute atomic E-state index is 13.9. The minimum absolute atomic E-state index is 0.0828. The second kappa shape index (κ2) is 30.7. The van der Waals surface area contributed by atoms with E-state index in [2.05, 4.69) is 117 Å². The molecule has 0 saturated carbocycles. The number of carbonyl (C=O) groups is 2. The average molecular weight is 1450 g/mol. The number of carbonyl (C=O) groups excluding carboxylic acids is 2. The van der Waals surface area contributed by atoms with Crippen molar-refractivity contribution in [3.8, 4) is 22.6 Å². The van der Waals surface area contributed by atoms with Gasteiger partial charge in [-0.3, -0.25) is 9.59 Å². The zero-order chi connectivity index (χ0) is 58.9. The molecule has 0 aliphatic carbocycles. The SMILES string of the molecule is CC(=O)Nc1nc2cccc(Br)c2s1.COc1ccc(-c2cccc3nc(NC(C)=O)sc23)cc1F.COc1ccc(B(O)O)cc1F.NC(=S)Nc1cccc(Br)c1.Nc1nc2cc(Br)ccc2s1.Nc1nc2cccc(Br)c2s1. The average Bonchev–Trinajstić information content (AvgIpc) is 4.21. The first-order valence-electron chi connectivity index (χ1n) is 23.1. The van der Waals surface area contributed by atoms with Crippen LogP contribution in [-0.4, -0.2) is 68.2 Å². The number of amides is 2. The number of halogens is 6. The summed E-state index contributed by atoms with van der Waals surface area (Å²) in [6.07, 6.45) is 0. The van der Waals surface area contributed by atoms with Gasteiger partial charge in [-0.1, -0.05) is 120 Å². The van der Waals surface area contributed by atoms with Crippen molar-refractivity contribution in [3.05, 3.63) is 163 Å². The van der Waals surface area contributed by atoms with E-state index in [0.29, 0.717) is 20.5 Å². The Bertz CT molecular complexity index is 3990. The molecule has 16 nitrogen and oxygen atoms in total. The van der Waals surface area contributed by atoms with Gasteiger partial charge in [0.15, 0.2) is 48.8 Å². The highest BCUT2D eigenvalue weighted by Crippen LogP contribution is 2.37. The second-order valence-corrected chi connectivity index (χ2v) is 24.1. The molecule has 11 N–H and O–H groups in total. The predicted octanol–water partition coefficient (Wildman–Crippen LogP) is 14.0. The summed E-state index contributed by atoms with van der Waals surface area (Å²) in [5.74, 6) is -0.999. The number of benzene rings is 7. The topological polar surface area (TPSA) is 259 Å². The Kier molecular flexibility index (Phi) is 24.2. The van der Waals surface area contributed by atoms with Crippen molar-refractivity contribution in [1.29, 1.82) is 0 Å². The molecule has 7 aromatic carbocycles. The molecular formula is C53H45BBr4F2N10O6S5. The predicted molar refractivity (Wildman–Crippen MR) is 348 cm³/mol. The normalized spacial score (nSPS) is 10.3. The van der Waals surface area contributed by atoms with E-state index in [1.807, 2.05) is 97.1 Å². The molecule has 0 aliphatic heterocycles. The number of nitrogens with one attached hydrogen (secondary N) is 3. The van der Waals surface area contributed by atoms with Gasteiger partial charge < -0.3 is 52.7 Å². The Balaban J connectivity index is 0.000000160. The third-order valence-electron chi connectivity index (χ3n) is 10.1. The van der Waals surface area contributed by atoms with E-state index in [0.717, 1.165) is 81.6 Å². The van der Waals surface area contributed by atoms with Gasteiger partial charge in [0.05, 0.1) is 55.1 Å². The number of ether oxygens (including phenoxy) is 2. The quantitative estimate of drug-likeness (QED) is 0.0545. The number of anilines is 5. The van der Waals surface area contributed by atoms with Crippen molar-refractivity contribution in [1.82, 2.24) is 19.9 Å². The van der Waals surface area contributed by atoms with Crippen molar-refractivity contribution in [2.75, 3.05) is 41.6 Å². The molecule has 0 spiro atoms. The lowest BCUT2D eigenvalue weighted by atomic mass is 9.80. The molecule has 0 bridgehead atoms. The lowest BCUT2D eigenvalue weighted by molar-refractivity contribution is -0.115. The fourth-order valence-electron chi connectivity index (χ4n) is 6.74. The van der Waals surface area contributed by atoms with Crippen LogP contribution in [0, 0.1) is 11.6 Å². The number of nitrogen functional groups attached to an aromatic ring is 2. The van der Waals surface area contributed by atoms with Gasteiger partial charge in [-0.05, 0) is 146 Å². The summed E-state index contributed by atoms with van der Waals surface area (Å²) in [6.45, 7) is 2.91. The third-order valence-corrected chi connectivity index (χ3v) is 16.9. The van der Waals surface area contributed by atoms with Crippen molar-refractivity contribution < 1.29 is 37.9 Å². The highest BCUT2D eigenvalue weighted by atomic mass is 79.9. The van der Waals surface area contributed by atoms with Gasteiger partial charge in [0.1, 0.15) is 0 Å². The zero-order valence-electron chi connectivity index (χ0n) is 42.6. The molecule has 0 aliphatic rings. The fraction of sp³-hybridized carbons (Fsp3) is 0.0755. The molecule has 4 aromatic heterocycles. The van der Waals surface area contributed by atoms with Gasteiger partial charge in [0, 0.05) is 43.0 Å². The number of fused-ring (bicyclic) bond motifs is 4. The lowest BCUT2D eigenvalue weighted by Crippen LogP contribution is -2.29. The molecule has 81 heavy (non-hydrogen) atoms. The van der Waals surface area contributed by atoms with E-state index in [1.165, 1.54) is 91.6 Å². The first kappa shape index (κ1) is 63.9. The van der Waals surface area contributed by atoms with E-state index in [4.69, 9.17) is 32.0 Å². The highest BCUT2D eigenvalue weighted by Gasteiger charge is 2.15. The number of methoxy groups -OCH3 is 2. The van der Waals surface area contributed by atoms with Crippen LogP contribution < -0.4 is 48.1 Å². The maximum Gasteiger partial charge on any atom is 0.488 e. The van der Waals surface area contributed by atoms with E-state index >= 15 is 0 Å². The van der Waals surface area contributed by atoms with Crippen LogP contribution in [0.5, 0.6) is 11.5 Å². The Labute approximate surface area is 517 Å². The molecule has 11 rings (SSSR count). The molecule has 0 unspecified atom stereocenters. The third kappa shape index (κ3) is 19.1. The Morgan fingerprint density at radius 1 is 0.580 bits per heavy atom. The van der Waals surface area contributed by atoms with Gasteiger partial charge in [-0.15, -0.1) is 0 Å². The second-order valence-electron chi connectivity index (χ2n) is 16.1. The van der Waals surface area contributed by atoms with Crippen LogP contribution in [0.15, 0.2) is 151 Å². The maximum atomic E-state index is 13.9. The summed E-state index contributed by atoms with van der Waals surface area (Å²) in [7, 11) is 1.13. The Morgan fingerprint density at radius 3 is 1.62 bits per heavy atom. The Morgan fingerprint density at radius 2 is 1.09 bits per heavy atom. The molecule has 0 atom stereocenters. The summed E-state index contributed by atoms with van der Waals surface area (Å²) < 4.78 is 44.7. The van der Waals surface area contributed by atoms with Crippen LogP contribution >= 0.6 is 121 Å². The highest BCUT2D eigenvalue weighted by molar-refractivity contribution is 9.11. The standard InChI is InChI=1S/C16H13FN2O2S.C9H7BrN2OS.C7H8BFO3.2C7H5BrN2S.C7H7BrN2S/c1-9(20)18-16-19-13-5-3-4-11(15(13)22-16)10-6-7-14(21-2)12(17)8-10;1-5(13)11-9-12-7-4-2-3-6(10)8(7)14-9;1-12-7-3-2-5(8(10)11)4-6(7)9;8-4-1-2-6-5(3-4)10-7(9)11-6;8-4-2-1-3-5-6(4)11-7(9)10-5;8-5-2-1-3-6(4-5)10-7(9)11/h3-8H,1-2H3,(H,18,19,20);2-4H,1H3,(H,11,12,13);2-4,10-11H,1H3;2*1-3H,(H2,9,10);1-4H,(H3,9,10,11). The van der Waals surface area contributed by atoms with Gasteiger partial charge in [-0.2, -0.15) is 0 Å². The number of hydrogen-bond acceptors (Lipinski definition) is 17.